The second kappa shape index (κ2) is 8.06. The van der Waals surface area contributed by atoms with Crippen LogP contribution >= 0.6 is 11.6 Å². The van der Waals surface area contributed by atoms with Gasteiger partial charge in [-0.1, -0.05) is 17.7 Å². The van der Waals surface area contributed by atoms with Crippen LogP contribution in [0.15, 0.2) is 42.9 Å². The van der Waals surface area contributed by atoms with E-state index in [2.05, 4.69) is 25.2 Å². The molecule has 3 heterocycles. The van der Waals surface area contributed by atoms with E-state index < -0.39 is 5.82 Å². The van der Waals surface area contributed by atoms with Gasteiger partial charge in [0.25, 0.3) is 0 Å². The van der Waals surface area contributed by atoms with Gasteiger partial charge in [0.15, 0.2) is 5.65 Å². The Morgan fingerprint density at radius 1 is 1.25 bits per heavy atom. The summed E-state index contributed by atoms with van der Waals surface area (Å²) in [6.07, 6.45) is 6.76. The Morgan fingerprint density at radius 3 is 2.96 bits per heavy atom. The predicted octanol–water partition coefficient (Wildman–Crippen LogP) is 3.35. The zero-order valence-corrected chi connectivity index (χ0v) is 15.9. The van der Waals surface area contributed by atoms with Crippen LogP contribution in [0.5, 0.6) is 0 Å². The zero-order chi connectivity index (χ0) is 19.5. The molecule has 1 amide bonds. The topological polar surface area (TPSA) is 71.0 Å². The fraction of sp³-hybridized carbons (Fsp3) is 0.300. The van der Waals surface area contributed by atoms with Gasteiger partial charge in [-0.15, -0.1) is 0 Å². The number of nitrogens with one attached hydrogen (secondary N) is 1. The van der Waals surface area contributed by atoms with Crippen LogP contribution in [0.3, 0.4) is 0 Å². The molecule has 1 atom stereocenters. The van der Waals surface area contributed by atoms with E-state index in [1.54, 1.807) is 24.7 Å². The minimum absolute atomic E-state index is 0.0290. The number of hydrogen-bond acceptors (Lipinski definition) is 5. The van der Waals surface area contributed by atoms with Crippen molar-refractivity contribution in [2.45, 2.75) is 19.4 Å². The van der Waals surface area contributed by atoms with Gasteiger partial charge in [-0.25, -0.2) is 14.4 Å². The van der Waals surface area contributed by atoms with Crippen molar-refractivity contribution in [3.8, 4) is 0 Å². The van der Waals surface area contributed by atoms with Gasteiger partial charge >= 0.3 is 0 Å². The Labute approximate surface area is 166 Å². The van der Waals surface area contributed by atoms with E-state index in [9.17, 15) is 9.18 Å². The first-order chi connectivity index (χ1) is 13.6. The molecule has 0 bridgehead atoms. The van der Waals surface area contributed by atoms with Crippen LogP contribution in [0.4, 0.5) is 10.1 Å². The third-order valence-electron chi connectivity index (χ3n) is 4.94. The summed E-state index contributed by atoms with van der Waals surface area (Å²) in [6.45, 7) is 1.75. The molecule has 1 N–H and O–H groups in total. The van der Waals surface area contributed by atoms with Crippen LogP contribution in [0, 0.1) is 11.7 Å². The summed E-state index contributed by atoms with van der Waals surface area (Å²) in [4.78, 5) is 27.6. The molecule has 8 heteroatoms. The molecule has 0 radical (unpaired) electrons. The van der Waals surface area contributed by atoms with Crippen molar-refractivity contribution in [2.24, 2.45) is 5.92 Å². The molecule has 4 rings (SSSR count). The van der Waals surface area contributed by atoms with E-state index in [-0.39, 0.29) is 18.4 Å². The highest BCUT2D eigenvalue weighted by atomic mass is 35.5. The average molecular weight is 400 g/mol. The summed E-state index contributed by atoms with van der Waals surface area (Å²) < 4.78 is 13.1. The van der Waals surface area contributed by atoms with Gasteiger partial charge in [0.1, 0.15) is 11.3 Å². The smallest absolute Gasteiger partial charge is 0.225 e. The lowest BCUT2D eigenvalue weighted by Crippen LogP contribution is -2.43. The van der Waals surface area contributed by atoms with Crippen molar-refractivity contribution in [3.05, 3.63) is 59.3 Å². The van der Waals surface area contributed by atoms with Gasteiger partial charge in [0.2, 0.25) is 5.91 Å². The molecule has 1 saturated heterocycles. The monoisotopic (exact) mass is 399 g/mol. The van der Waals surface area contributed by atoms with Crippen molar-refractivity contribution < 1.29 is 9.18 Å². The maximum atomic E-state index is 13.1. The Bertz CT molecular complexity index is 1010. The van der Waals surface area contributed by atoms with Crippen LogP contribution in [-0.4, -0.2) is 33.9 Å². The summed E-state index contributed by atoms with van der Waals surface area (Å²) >= 11 is 6.03. The highest BCUT2D eigenvalue weighted by Crippen LogP contribution is 2.25. The minimum Gasteiger partial charge on any atom is -0.369 e. The number of anilines is 1. The molecule has 1 aliphatic rings. The van der Waals surface area contributed by atoms with Crippen LogP contribution in [0.2, 0.25) is 5.02 Å². The van der Waals surface area contributed by atoms with Gasteiger partial charge in [-0.2, -0.15) is 0 Å². The van der Waals surface area contributed by atoms with Crippen molar-refractivity contribution in [1.82, 2.24) is 20.3 Å². The van der Waals surface area contributed by atoms with E-state index >= 15 is 0 Å². The molecule has 3 aromatic rings. The summed E-state index contributed by atoms with van der Waals surface area (Å²) in [5, 5.41) is 3.23. The quantitative estimate of drug-likeness (QED) is 0.728. The van der Waals surface area contributed by atoms with Gasteiger partial charge in [0.05, 0.1) is 17.8 Å². The maximum absolute atomic E-state index is 13.1. The van der Waals surface area contributed by atoms with Gasteiger partial charge in [0, 0.05) is 37.1 Å². The number of amides is 1. The highest BCUT2D eigenvalue weighted by molar-refractivity contribution is 6.31. The number of piperidine rings is 1. The molecule has 1 aliphatic heterocycles. The molecular formula is C20H19ClFN5O. The Kier molecular flexibility index (Phi) is 5.34. The number of fused-ring (bicyclic) bond motifs is 1. The molecular weight excluding hydrogens is 381 g/mol. The second-order valence-electron chi connectivity index (χ2n) is 6.83. The van der Waals surface area contributed by atoms with Crippen molar-refractivity contribution in [2.75, 3.05) is 18.0 Å². The minimum atomic E-state index is -0.392. The van der Waals surface area contributed by atoms with Crippen LogP contribution in [0.1, 0.15) is 18.4 Å². The molecule has 2 aromatic heterocycles. The Morgan fingerprint density at radius 2 is 2.11 bits per heavy atom. The third-order valence-corrected chi connectivity index (χ3v) is 5.29. The molecule has 144 valence electrons. The fourth-order valence-electron chi connectivity index (χ4n) is 3.44. The Hall–Kier alpha value is -2.80. The van der Waals surface area contributed by atoms with Crippen molar-refractivity contribution >= 4 is 34.4 Å². The highest BCUT2D eigenvalue weighted by Gasteiger charge is 2.26. The number of benzene rings is 1. The van der Waals surface area contributed by atoms with Gasteiger partial charge in [-0.05, 0) is 36.6 Å². The van der Waals surface area contributed by atoms with E-state index in [0.29, 0.717) is 22.8 Å². The van der Waals surface area contributed by atoms with Crippen LogP contribution < -0.4 is 10.2 Å². The fourth-order valence-corrected chi connectivity index (χ4v) is 3.67. The SMILES string of the molecule is O=C(NCc1ccc(F)cc1Cl)[C@@H]1CCCN(c2cnc3nccnc3c2)C1. The summed E-state index contributed by atoms with van der Waals surface area (Å²) in [5.41, 5.74) is 2.97. The second-order valence-corrected chi connectivity index (χ2v) is 7.24. The molecule has 0 saturated carbocycles. The number of halogens is 2. The first kappa shape index (κ1) is 18.6. The number of nitrogens with zero attached hydrogens (tertiary/aromatic N) is 4. The first-order valence-corrected chi connectivity index (χ1v) is 9.51. The van der Waals surface area contributed by atoms with Crippen LogP contribution in [-0.2, 0) is 11.3 Å². The van der Waals surface area contributed by atoms with E-state index in [1.807, 2.05) is 6.07 Å². The number of carbonyl (C=O) groups is 1. The largest absolute Gasteiger partial charge is 0.369 e. The van der Waals surface area contributed by atoms with E-state index in [1.165, 1.54) is 12.1 Å². The average Bonchev–Trinajstić information content (AvgIpc) is 2.72. The standard InChI is InChI=1S/C20H19ClFN5O/c21-17-8-15(22)4-3-13(17)10-26-20(28)14-2-1-7-27(12-14)16-9-18-19(25-11-16)24-6-5-23-18/h3-6,8-9,11,14H,1-2,7,10,12H2,(H,26,28)/t14-/m1/s1. The third kappa shape index (κ3) is 4.04. The van der Waals surface area contributed by atoms with Crippen LogP contribution in [0.25, 0.3) is 11.2 Å². The maximum Gasteiger partial charge on any atom is 0.225 e. The summed E-state index contributed by atoms with van der Waals surface area (Å²) in [5.74, 6) is -0.555. The lowest BCUT2D eigenvalue weighted by molar-refractivity contribution is -0.125. The molecule has 0 spiro atoms. The molecule has 1 aromatic carbocycles. The Balaban J connectivity index is 1.41. The van der Waals surface area contributed by atoms with Gasteiger partial charge in [-0.3, -0.25) is 9.78 Å². The zero-order valence-electron chi connectivity index (χ0n) is 15.1. The number of aromatic nitrogens is 3. The van der Waals surface area contributed by atoms with Gasteiger partial charge < -0.3 is 10.2 Å². The molecule has 6 nitrogen and oxygen atoms in total. The summed E-state index contributed by atoms with van der Waals surface area (Å²) in [7, 11) is 0. The van der Waals surface area contributed by atoms with Crippen molar-refractivity contribution in [3.63, 3.8) is 0 Å². The number of pyridine rings is 1. The number of rotatable bonds is 4. The lowest BCUT2D eigenvalue weighted by atomic mass is 9.96. The number of hydrogen-bond donors (Lipinski definition) is 1. The molecule has 0 unspecified atom stereocenters. The molecule has 0 aliphatic carbocycles. The van der Waals surface area contributed by atoms with Crippen molar-refractivity contribution in [1.29, 1.82) is 0 Å². The lowest BCUT2D eigenvalue weighted by Gasteiger charge is -2.33. The number of carbonyl (C=O) groups excluding carboxylic acids is 1. The predicted molar refractivity (Wildman–Crippen MR) is 106 cm³/mol. The van der Waals surface area contributed by atoms with E-state index in [4.69, 9.17) is 11.6 Å². The molecule has 28 heavy (non-hydrogen) atoms. The first-order valence-electron chi connectivity index (χ1n) is 9.13. The summed E-state index contributed by atoms with van der Waals surface area (Å²) in [6, 6.07) is 6.13. The normalized spacial score (nSPS) is 16.9. The molecule has 1 fully saturated rings. The van der Waals surface area contributed by atoms with E-state index in [0.717, 1.165) is 30.6 Å².